The Hall–Kier alpha value is -2.60. The van der Waals surface area contributed by atoms with Crippen molar-refractivity contribution in [2.75, 3.05) is 18.4 Å². The van der Waals surface area contributed by atoms with Gasteiger partial charge in [-0.15, -0.1) is 0 Å². The van der Waals surface area contributed by atoms with E-state index in [2.05, 4.69) is 29.3 Å². The van der Waals surface area contributed by atoms with Gasteiger partial charge in [-0.05, 0) is 61.2 Å². The molecule has 1 aromatic heterocycles. The van der Waals surface area contributed by atoms with E-state index in [1.165, 1.54) is 18.1 Å². The fourth-order valence-electron chi connectivity index (χ4n) is 4.79. The van der Waals surface area contributed by atoms with E-state index >= 15 is 0 Å². The first kappa shape index (κ1) is 20.7. The number of piperidine rings is 1. The zero-order chi connectivity index (χ0) is 21.3. The third-order valence-electron chi connectivity index (χ3n) is 6.42. The average Bonchev–Trinajstić information content (AvgIpc) is 2.94. The minimum Gasteiger partial charge on any atom is -0.381 e. The van der Waals surface area contributed by atoms with Gasteiger partial charge < -0.3 is 5.32 Å². The summed E-state index contributed by atoms with van der Waals surface area (Å²) >= 11 is 0. The number of hydrogen-bond acceptors (Lipinski definition) is 3. The van der Waals surface area contributed by atoms with E-state index in [4.69, 9.17) is 0 Å². The molecule has 0 amide bonds. The van der Waals surface area contributed by atoms with E-state index in [1.54, 1.807) is 21.3 Å². The smallest absolute Gasteiger partial charge is 0.328 e. The number of rotatable bonds is 6. The van der Waals surface area contributed by atoms with Crippen LogP contribution in [-0.2, 0) is 20.6 Å². The lowest BCUT2D eigenvalue weighted by Gasteiger charge is -2.39. The second-order valence-corrected chi connectivity index (χ2v) is 8.56. The molecular weight excluding hydrogens is 379 g/mol. The summed E-state index contributed by atoms with van der Waals surface area (Å²) in [5.41, 5.74) is 3.99. The SMILES string of the molecule is CCC[C@H]1CCN(Cc2ccc3c(c2)n(C)c(=O)n3C)C[C@H]1Nc1cccc(F)c1. The Labute approximate surface area is 177 Å². The molecule has 0 radical (unpaired) electrons. The van der Waals surface area contributed by atoms with Crippen LogP contribution in [0.2, 0.25) is 0 Å². The molecule has 2 aromatic carbocycles. The van der Waals surface area contributed by atoms with Gasteiger partial charge >= 0.3 is 5.69 Å². The lowest BCUT2D eigenvalue weighted by molar-refractivity contribution is 0.157. The van der Waals surface area contributed by atoms with Crippen molar-refractivity contribution in [2.45, 2.75) is 38.8 Å². The highest BCUT2D eigenvalue weighted by molar-refractivity contribution is 5.76. The molecule has 0 saturated carbocycles. The third-order valence-corrected chi connectivity index (χ3v) is 6.42. The maximum absolute atomic E-state index is 13.6. The molecule has 160 valence electrons. The number of halogens is 1. The lowest BCUT2D eigenvalue weighted by Crippen LogP contribution is -2.47. The van der Waals surface area contributed by atoms with Gasteiger partial charge in [-0.1, -0.05) is 25.5 Å². The van der Waals surface area contributed by atoms with Gasteiger partial charge in [0.1, 0.15) is 5.82 Å². The Balaban J connectivity index is 1.51. The van der Waals surface area contributed by atoms with Crippen LogP contribution >= 0.6 is 0 Å². The zero-order valence-electron chi connectivity index (χ0n) is 18.1. The molecule has 30 heavy (non-hydrogen) atoms. The highest BCUT2D eigenvalue weighted by atomic mass is 19.1. The monoisotopic (exact) mass is 410 g/mol. The van der Waals surface area contributed by atoms with Crippen molar-refractivity contribution in [1.29, 1.82) is 0 Å². The standard InChI is InChI=1S/C24H31FN4O/c1-4-6-18-11-12-29(16-21(18)26-20-8-5-7-19(25)14-20)15-17-9-10-22-23(13-17)28(3)24(30)27(22)2/h5,7-10,13-14,18,21,26H,4,6,11-12,15-16H2,1-3H3/t18-,21+/m0/s1. The minimum absolute atomic E-state index is 0.00175. The van der Waals surface area contributed by atoms with Crippen molar-refractivity contribution in [3.05, 3.63) is 64.3 Å². The summed E-state index contributed by atoms with van der Waals surface area (Å²) in [6, 6.07) is 13.3. The van der Waals surface area contributed by atoms with Crippen LogP contribution in [-0.4, -0.2) is 33.2 Å². The van der Waals surface area contributed by atoms with Crippen molar-refractivity contribution in [2.24, 2.45) is 20.0 Å². The maximum Gasteiger partial charge on any atom is 0.328 e. The molecule has 1 aliphatic heterocycles. The van der Waals surface area contributed by atoms with Crippen LogP contribution in [0, 0.1) is 11.7 Å². The minimum atomic E-state index is -0.207. The number of fused-ring (bicyclic) bond motifs is 1. The summed E-state index contributed by atoms with van der Waals surface area (Å²) in [7, 11) is 3.63. The van der Waals surface area contributed by atoms with Gasteiger partial charge in [0.2, 0.25) is 0 Å². The number of imidazole rings is 1. The molecular formula is C24H31FN4O. The van der Waals surface area contributed by atoms with Crippen LogP contribution in [0.3, 0.4) is 0 Å². The highest BCUT2D eigenvalue weighted by Crippen LogP contribution is 2.27. The first-order valence-electron chi connectivity index (χ1n) is 10.8. The van der Waals surface area contributed by atoms with Gasteiger partial charge in [-0.3, -0.25) is 14.0 Å². The normalized spacial score (nSPS) is 20.0. The zero-order valence-corrected chi connectivity index (χ0v) is 18.1. The van der Waals surface area contributed by atoms with Crippen LogP contribution in [0.1, 0.15) is 31.7 Å². The van der Waals surface area contributed by atoms with Gasteiger partial charge in [0.15, 0.2) is 0 Å². The Morgan fingerprint density at radius 1 is 1.10 bits per heavy atom. The summed E-state index contributed by atoms with van der Waals surface area (Å²) in [4.78, 5) is 14.7. The average molecular weight is 411 g/mol. The number of hydrogen-bond donors (Lipinski definition) is 1. The van der Waals surface area contributed by atoms with Crippen LogP contribution < -0.4 is 11.0 Å². The van der Waals surface area contributed by atoms with Gasteiger partial charge in [0.05, 0.1) is 11.0 Å². The molecule has 1 aliphatic rings. The molecule has 4 rings (SSSR count). The molecule has 1 fully saturated rings. The molecule has 5 nitrogen and oxygen atoms in total. The molecule has 0 aliphatic carbocycles. The number of benzene rings is 2. The fourth-order valence-corrected chi connectivity index (χ4v) is 4.79. The summed E-state index contributed by atoms with van der Waals surface area (Å²) in [6.45, 7) is 5.05. The van der Waals surface area contributed by atoms with Crippen LogP contribution in [0.5, 0.6) is 0 Å². The van der Waals surface area contributed by atoms with Crippen LogP contribution in [0.4, 0.5) is 10.1 Å². The fraction of sp³-hybridized carbons (Fsp3) is 0.458. The Morgan fingerprint density at radius 2 is 1.90 bits per heavy atom. The van der Waals surface area contributed by atoms with Crippen molar-refractivity contribution in [1.82, 2.24) is 14.0 Å². The van der Waals surface area contributed by atoms with Crippen molar-refractivity contribution in [3.63, 3.8) is 0 Å². The Morgan fingerprint density at radius 3 is 2.67 bits per heavy atom. The largest absolute Gasteiger partial charge is 0.381 e. The van der Waals surface area contributed by atoms with E-state index in [0.29, 0.717) is 12.0 Å². The molecule has 6 heteroatoms. The van der Waals surface area contributed by atoms with Gasteiger partial charge in [-0.2, -0.15) is 0 Å². The summed E-state index contributed by atoms with van der Waals surface area (Å²) in [6.07, 6.45) is 3.47. The molecule has 2 heterocycles. The summed E-state index contributed by atoms with van der Waals surface area (Å²) in [5, 5.41) is 3.59. The van der Waals surface area contributed by atoms with Crippen molar-refractivity contribution < 1.29 is 4.39 Å². The van der Waals surface area contributed by atoms with E-state index in [-0.39, 0.29) is 11.5 Å². The Kier molecular flexibility index (Phi) is 5.95. The number of nitrogens with zero attached hydrogens (tertiary/aromatic N) is 3. The number of likely N-dealkylation sites (tertiary alicyclic amines) is 1. The summed E-state index contributed by atoms with van der Waals surface area (Å²) < 4.78 is 17.0. The number of nitrogens with one attached hydrogen (secondary N) is 1. The van der Waals surface area contributed by atoms with Gasteiger partial charge in [0.25, 0.3) is 0 Å². The van der Waals surface area contributed by atoms with Crippen molar-refractivity contribution >= 4 is 16.7 Å². The third kappa shape index (κ3) is 4.15. The molecule has 0 spiro atoms. The van der Waals surface area contributed by atoms with Gasteiger partial charge in [0, 0.05) is 38.9 Å². The molecule has 2 atom stereocenters. The molecule has 3 aromatic rings. The lowest BCUT2D eigenvalue weighted by atomic mass is 9.87. The van der Waals surface area contributed by atoms with E-state index in [1.807, 2.05) is 26.2 Å². The second-order valence-electron chi connectivity index (χ2n) is 8.56. The van der Waals surface area contributed by atoms with Crippen LogP contribution in [0.25, 0.3) is 11.0 Å². The highest BCUT2D eigenvalue weighted by Gasteiger charge is 2.28. The van der Waals surface area contributed by atoms with E-state index < -0.39 is 0 Å². The molecule has 1 N–H and O–H groups in total. The quantitative estimate of drug-likeness (QED) is 0.665. The first-order valence-corrected chi connectivity index (χ1v) is 10.8. The van der Waals surface area contributed by atoms with Crippen LogP contribution in [0.15, 0.2) is 47.3 Å². The predicted octanol–water partition coefficient (Wildman–Crippen LogP) is 4.12. The topological polar surface area (TPSA) is 42.2 Å². The van der Waals surface area contributed by atoms with E-state index in [0.717, 1.165) is 49.2 Å². The predicted molar refractivity (Wildman–Crippen MR) is 120 cm³/mol. The number of aromatic nitrogens is 2. The molecule has 0 unspecified atom stereocenters. The van der Waals surface area contributed by atoms with Gasteiger partial charge in [-0.25, -0.2) is 9.18 Å². The second kappa shape index (κ2) is 8.64. The number of anilines is 1. The maximum atomic E-state index is 13.6. The van der Waals surface area contributed by atoms with Crippen molar-refractivity contribution in [3.8, 4) is 0 Å². The van der Waals surface area contributed by atoms with E-state index in [9.17, 15) is 9.18 Å². The molecule has 0 bridgehead atoms. The Bertz CT molecular complexity index is 1090. The first-order chi connectivity index (χ1) is 14.5. The summed E-state index contributed by atoms with van der Waals surface area (Å²) in [5.74, 6) is 0.383. The number of aryl methyl sites for hydroxylation is 2. The molecule has 1 saturated heterocycles.